The fraction of sp³-hybridized carbons (Fsp3) is 0.538. The van der Waals surface area contributed by atoms with Gasteiger partial charge in [0.15, 0.2) is 9.84 Å². The highest BCUT2D eigenvalue weighted by Gasteiger charge is 2.14. The van der Waals surface area contributed by atoms with E-state index in [1.807, 2.05) is 13.8 Å². The van der Waals surface area contributed by atoms with Crippen molar-refractivity contribution in [3.05, 3.63) is 29.8 Å². The molecule has 0 saturated carbocycles. The summed E-state index contributed by atoms with van der Waals surface area (Å²) in [5.41, 5.74) is 1.05. The maximum atomic E-state index is 11.9. The van der Waals surface area contributed by atoms with Gasteiger partial charge >= 0.3 is 0 Å². The molecule has 0 aliphatic heterocycles. The van der Waals surface area contributed by atoms with Crippen LogP contribution in [0.3, 0.4) is 0 Å². The summed E-state index contributed by atoms with van der Waals surface area (Å²) in [6.07, 6.45) is 1.33. The molecule has 1 atom stereocenters. The third-order valence-corrected chi connectivity index (χ3v) is 4.62. The van der Waals surface area contributed by atoms with Crippen LogP contribution in [0.25, 0.3) is 0 Å². The molecule has 17 heavy (non-hydrogen) atoms. The standard InChI is InChI=1S/C13H20O3S/c1-3-12(14)5-4-10-17(15,16)13-8-6-11(2)7-9-13/h6-9,12,14H,3-5,10H2,1-2H3. The van der Waals surface area contributed by atoms with Gasteiger partial charge in [0.2, 0.25) is 0 Å². The lowest BCUT2D eigenvalue weighted by molar-refractivity contribution is 0.159. The Morgan fingerprint density at radius 2 is 1.82 bits per heavy atom. The first-order valence-electron chi connectivity index (χ1n) is 5.93. The Balaban J connectivity index is 2.60. The highest BCUT2D eigenvalue weighted by atomic mass is 32.2. The molecule has 1 N–H and O–H groups in total. The molecule has 0 heterocycles. The quantitative estimate of drug-likeness (QED) is 0.850. The number of aliphatic hydroxyl groups is 1. The van der Waals surface area contributed by atoms with Gasteiger partial charge in [0.05, 0.1) is 16.8 Å². The predicted octanol–water partition coefficient (Wildman–Crippen LogP) is 2.32. The van der Waals surface area contributed by atoms with Crippen LogP contribution >= 0.6 is 0 Å². The van der Waals surface area contributed by atoms with Crippen LogP contribution in [0, 0.1) is 6.92 Å². The second-order valence-electron chi connectivity index (χ2n) is 4.34. The summed E-state index contributed by atoms with van der Waals surface area (Å²) in [6.45, 7) is 3.81. The van der Waals surface area contributed by atoms with Crippen molar-refractivity contribution >= 4 is 9.84 Å². The van der Waals surface area contributed by atoms with Gasteiger partial charge in [-0.05, 0) is 38.3 Å². The molecule has 0 fully saturated rings. The third kappa shape index (κ3) is 4.48. The highest BCUT2D eigenvalue weighted by Crippen LogP contribution is 2.14. The molecule has 1 aromatic carbocycles. The lowest BCUT2D eigenvalue weighted by atomic mass is 10.2. The SMILES string of the molecule is CCC(O)CCCS(=O)(=O)c1ccc(C)cc1. The molecule has 0 aliphatic carbocycles. The van der Waals surface area contributed by atoms with Crippen LogP contribution in [0.1, 0.15) is 31.7 Å². The molecule has 0 amide bonds. The van der Waals surface area contributed by atoms with E-state index in [-0.39, 0.29) is 11.9 Å². The van der Waals surface area contributed by atoms with Gasteiger partial charge in [-0.25, -0.2) is 8.42 Å². The first kappa shape index (κ1) is 14.2. The lowest BCUT2D eigenvalue weighted by Gasteiger charge is -2.08. The van der Waals surface area contributed by atoms with Crippen LogP contribution in [0.15, 0.2) is 29.2 Å². The average Bonchev–Trinajstić information content (AvgIpc) is 2.29. The maximum Gasteiger partial charge on any atom is 0.178 e. The zero-order chi connectivity index (χ0) is 12.9. The monoisotopic (exact) mass is 256 g/mol. The molecule has 0 spiro atoms. The lowest BCUT2D eigenvalue weighted by Crippen LogP contribution is -2.11. The summed E-state index contributed by atoms with van der Waals surface area (Å²) in [6, 6.07) is 6.88. The average molecular weight is 256 g/mol. The van der Waals surface area contributed by atoms with Crippen LogP contribution in [-0.2, 0) is 9.84 Å². The summed E-state index contributed by atoms with van der Waals surface area (Å²) < 4.78 is 23.9. The van der Waals surface area contributed by atoms with E-state index in [2.05, 4.69) is 0 Å². The van der Waals surface area contributed by atoms with Gasteiger partial charge in [-0.15, -0.1) is 0 Å². The second kappa shape index (κ2) is 6.17. The molecule has 96 valence electrons. The van der Waals surface area contributed by atoms with Gasteiger partial charge < -0.3 is 5.11 Å². The smallest absolute Gasteiger partial charge is 0.178 e. The van der Waals surface area contributed by atoms with Crippen molar-refractivity contribution in [3.8, 4) is 0 Å². The molecule has 0 bridgehead atoms. The van der Waals surface area contributed by atoms with Crippen LogP contribution in [0.4, 0.5) is 0 Å². The van der Waals surface area contributed by atoms with Gasteiger partial charge in [-0.1, -0.05) is 24.6 Å². The summed E-state index contributed by atoms with van der Waals surface area (Å²) >= 11 is 0. The molecule has 1 rings (SSSR count). The van der Waals surface area contributed by atoms with Gasteiger partial charge in [0.1, 0.15) is 0 Å². The van der Waals surface area contributed by atoms with E-state index in [9.17, 15) is 13.5 Å². The second-order valence-corrected chi connectivity index (χ2v) is 6.45. The van der Waals surface area contributed by atoms with E-state index in [4.69, 9.17) is 0 Å². The molecule has 1 unspecified atom stereocenters. The summed E-state index contributed by atoms with van der Waals surface area (Å²) in [4.78, 5) is 0.370. The van der Waals surface area contributed by atoms with Gasteiger partial charge in [-0.3, -0.25) is 0 Å². The molecule has 0 aromatic heterocycles. The number of aryl methyl sites for hydroxylation is 1. The van der Waals surface area contributed by atoms with Crippen LogP contribution in [0.2, 0.25) is 0 Å². The first-order valence-corrected chi connectivity index (χ1v) is 7.58. The van der Waals surface area contributed by atoms with E-state index >= 15 is 0 Å². The number of hydrogen-bond acceptors (Lipinski definition) is 3. The van der Waals surface area contributed by atoms with Crippen molar-refractivity contribution in [3.63, 3.8) is 0 Å². The minimum atomic E-state index is -3.19. The Labute approximate surface area is 103 Å². The Bertz CT molecular complexity index is 434. The van der Waals surface area contributed by atoms with E-state index in [0.717, 1.165) is 5.56 Å². The van der Waals surface area contributed by atoms with Crippen molar-refractivity contribution in [1.29, 1.82) is 0 Å². The minimum absolute atomic E-state index is 0.104. The summed E-state index contributed by atoms with van der Waals surface area (Å²) in [5.74, 6) is 0.104. The Morgan fingerprint density at radius 1 is 1.24 bits per heavy atom. The largest absolute Gasteiger partial charge is 0.393 e. The fourth-order valence-electron chi connectivity index (χ4n) is 1.58. The number of sulfone groups is 1. The van der Waals surface area contributed by atoms with E-state index in [1.54, 1.807) is 24.3 Å². The topological polar surface area (TPSA) is 54.4 Å². The molecule has 0 aliphatic rings. The Morgan fingerprint density at radius 3 is 2.35 bits per heavy atom. The zero-order valence-corrected chi connectivity index (χ0v) is 11.2. The molecular formula is C13H20O3S. The Hall–Kier alpha value is -0.870. The Kier molecular flexibility index (Phi) is 5.15. The third-order valence-electron chi connectivity index (χ3n) is 2.80. The van der Waals surface area contributed by atoms with E-state index in [0.29, 0.717) is 24.2 Å². The predicted molar refractivity (Wildman–Crippen MR) is 68.8 cm³/mol. The molecule has 0 radical (unpaired) electrons. The summed E-state index contributed by atoms with van der Waals surface area (Å²) in [7, 11) is -3.19. The van der Waals surface area contributed by atoms with Crippen LogP contribution in [-0.4, -0.2) is 25.4 Å². The molecule has 0 saturated heterocycles. The van der Waals surface area contributed by atoms with E-state index < -0.39 is 9.84 Å². The van der Waals surface area contributed by atoms with Crippen molar-refractivity contribution < 1.29 is 13.5 Å². The fourth-order valence-corrected chi connectivity index (χ4v) is 2.91. The van der Waals surface area contributed by atoms with Gasteiger partial charge in [0, 0.05) is 0 Å². The normalized spacial score (nSPS) is 13.6. The molecule has 3 nitrogen and oxygen atoms in total. The van der Waals surface area contributed by atoms with Gasteiger partial charge in [0.25, 0.3) is 0 Å². The maximum absolute atomic E-state index is 11.9. The van der Waals surface area contributed by atoms with Crippen molar-refractivity contribution in [2.75, 3.05) is 5.75 Å². The first-order chi connectivity index (χ1) is 7.95. The molecular weight excluding hydrogens is 236 g/mol. The van der Waals surface area contributed by atoms with Crippen molar-refractivity contribution in [1.82, 2.24) is 0 Å². The number of aliphatic hydroxyl groups excluding tert-OH is 1. The minimum Gasteiger partial charge on any atom is -0.393 e. The molecule has 1 aromatic rings. The van der Waals surface area contributed by atoms with E-state index in [1.165, 1.54) is 0 Å². The summed E-state index contributed by atoms with van der Waals surface area (Å²) in [5, 5.41) is 9.37. The number of rotatable bonds is 6. The highest BCUT2D eigenvalue weighted by molar-refractivity contribution is 7.91. The van der Waals surface area contributed by atoms with Gasteiger partial charge in [-0.2, -0.15) is 0 Å². The van der Waals surface area contributed by atoms with Crippen LogP contribution < -0.4 is 0 Å². The number of benzene rings is 1. The number of hydrogen-bond donors (Lipinski definition) is 1. The zero-order valence-electron chi connectivity index (χ0n) is 10.4. The van der Waals surface area contributed by atoms with Crippen molar-refractivity contribution in [2.24, 2.45) is 0 Å². The molecule has 4 heteroatoms. The van der Waals surface area contributed by atoms with Crippen LogP contribution in [0.5, 0.6) is 0 Å². The van der Waals surface area contributed by atoms with Crippen molar-refractivity contribution in [2.45, 2.75) is 44.1 Å².